The fraction of sp³-hybridized carbons (Fsp3) is 0.538. The van der Waals surface area contributed by atoms with E-state index in [1.165, 1.54) is 5.56 Å². The summed E-state index contributed by atoms with van der Waals surface area (Å²) in [5, 5.41) is 12.5. The van der Waals surface area contributed by atoms with Crippen molar-refractivity contribution in [3.05, 3.63) is 29.8 Å². The van der Waals surface area contributed by atoms with Gasteiger partial charge in [-0.05, 0) is 24.7 Å². The van der Waals surface area contributed by atoms with Crippen LogP contribution in [-0.4, -0.2) is 44.6 Å². The minimum Gasteiger partial charge on any atom is -0.394 e. The van der Waals surface area contributed by atoms with Crippen molar-refractivity contribution < 1.29 is 9.84 Å². The Morgan fingerprint density at radius 1 is 1.41 bits per heavy atom. The minimum absolute atomic E-state index is 0.0823. The molecule has 0 amide bonds. The van der Waals surface area contributed by atoms with E-state index in [1.54, 1.807) is 0 Å². The van der Waals surface area contributed by atoms with E-state index in [2.05, 4.69) is 34.5 Å². The molecule has 1 saturated heterocycles. The summed E-state index contributed by atoms with van der Waals surface area (Å²) in [6, 6.07) is 8.55. The number of hydrogen-bond acceptors (Lipinski definition) is 4. The molecule has 1 aliphatic heterocycles. The predicted molar refractivity (Wildman–Crippen MR) is 68.2 cm³/mol. The van der Waals surface area contributed by atoms with E-state index in [1.807, 2.05) is 7.05 Å². The number of anilines is 1. The van der Waals surface area contributed by atoms with Gasteiger partial charge in [-0.1, -0.05) is 12.1 Å². The van der Waals surface area contributed by atoms with Crippen molar-refractivity contribution in [3.63, 3.8) is 0 Å². The van der Waals surface area contributed by atoms with E-state index in [9.17, 15) is 5.11 Å². The van der Waals surface area contributed by atoms with E-state index < -0.39 is 0 Å². The van der Waals surface area contributed by atoms with Crippen LogP contribution >= 0.6 is 0 Å². The second-order valence-electron chi connectivity index (χ2n) is 4.30. The topological polar surface area (TPSA) is 44.7 Å². The first-order chi connectivity index (χ1) is 8.35. The molecule has 17 heavy (non-hydrogen) atoms. The highest BCUT2D eigenvalue weighted by Gasteiger charge is 2.22. The van der Waals surface area contributed by atoms with Crippen molar-refractivity contribution in [1.29, 1.82) is 0 Å². The smallest absolute Gasteiger partial charge is 0.0755 e. The largest absolute Gasteiger partial charge is 0.394 e. The summed E-state index contributed by atoms with van der Waals surface area (Å²) < 4.78 is 5.38. The molecule has 1 fully saturated rings. The fourth-order valence-electron chi connectivity index (χ4n) is 2.16. The summed E-state index contributed by atoms with van der Waals surface area (Å²) in [5.74, 6) is 0. The van der Waals surface area contributed by atoms with E-state index in [0.29, 0.717) is 6.61 Å². The van der Waals surface area contributed by atoms with Crippen LogP contribution in [0.3, 0.4) is 0 Å². The molecule has 1 aliphatic rings. The molecule has 2 N–H and O–H groups in total. The van der Waals surface area contributed by atoms with Gasteiger partial charge in [0.15, 0.2) is 0 Å². The maximum Gasteiger partial charge on any atom is 0.0755 e. The molecule has 0 bridgehead atoms. The lowest BCUT2D eigenvalue weighted by Gasteiger charge is -2.36. The molecule has 0 aliphatic carbocycles. The lowest BCUT2D eigenvalue weighted by atomic mass is 10.1. The molecule has 0 spiro atoms. The quantitative estimate of drug-likeness (QED) is 0.804. The van der Waals surface area contributed by atoms with Gasteiger partial charge in [0.1, 0.15) is 0 Å². The maximum absolute atomic E-state index is 9.33. The zero-order valence-corrected chi connectivity index (χ0v) is 10.2. The van der Waals surface area contributed by atoms with E-state index in [-0.39, 0.29) is 12.6 Å². The second kappa shape index (κ2) is 6.00. The van der Waals surface area contributed by atoms with E-state index in [0.717, 1.165) is 25.4 Å². The lowest BCUT2D eigenvalue weighted by Crippen LogP contribution is -2.47. The van der Waals surface area contributed by atoms with Gasteiger partial charge in [-0.2, -0.15) is 0 Å². The van der Waals surface area contributed by atoms with E-state index >= 15 is 0 Å². The van der Waals surface area contributed by atoms with Gasteiger partial charge in [-0.3, -0.25) is 0 Å². The van der Waals surface area contributed by atoms with Crippen LogP contribution in [0.1, 0.15) is 5.56 Å². The van der Waals surface area contributed by atoms with Crippen LogP contribution in [0.5, 0.6) is 0 Å². The highest BCUT2D eigenvalue weighted by molar-refractivity contribution is 5.49. The van der Waals surface area contributed by atoms with Crippen LogP contribution in [0.15, 0.2) is 24.3 Å². The Balaban J connectivity index is 2.09. The molecular weight excluding hydrogens is 216 g/mol. The van der Waals surface area contributed by atoms with Crippen molar-refractivity contribution in [2.24, 2.45) is 0 Å². The zero-order chi connectivity index (χ0) is 12.1. The molecule has 1 unspecified atom stereocenters. The number of nitrogens with zero attached hydrogens (tertiary/aromatic N) is 1. The molecular formula is C13H20N2O2. The maximum atomic E-state index is 9.33. The Labute approximate surface area is 102 Å². The van der Waals surface area contributed by atoms with Gasteiger partial charge in [0.05, 0.1) is 25.9 Å². The molecule has 0 radical (unpaired) electrons. The second-order valence-corrected chi connectivity index (χ2v) is 4.30. The first-order valence-electron chi connectivity index (χ1n) is 6.04. The van der Waals surface area contributed by atoms with E-state index in [4.69, 9.17) is 4.74 Å². The molecule has 1 atom stereocenters. The molecule has 4 heteroatoms. The number of rotatable bonds is 4. The normalized spacial score (nSPS) is 20.6. The van der Waals surface area contributed by atoms with Crippen molar-refractivity contribution in [2.75, 3.05) is 38.3 Å². The Hall–Kier alpha value is -1.10. The fourth-order valence-corrected chi connectivity index (χ4v) is 2.16. The van der Waals surface area contributed by atoms with Crippen LogP contribution in [-0.2, 0) is 11.3 Å². The van der Waals surface area contributed by atoms with Gasteiger partial charge in [0, 0.05) is 18.8 Å². The van der Waals surface area contributed by atoms with Crippen LogP contribution in [0, 0.1) is 0 Å². The first-order valence-corrected chi connectivity index (χ1v) is 6.04. The Kier molecular flexibility index (Phi) is 4.36. The average Bonchev–Trinajstić information content (AvgIpc) is 2.40. The zero-order valence-electron chi connectivity index (χ0n) is 10.2. The molecule has 1 heterocycles. The summed E-state index contributed by atoms with van der Waals surface area (Å²) in [7, 11) is 1.94. The number of aliphatic hydroxyl groups excluding tert-OH is 1. The molecule has 0 saturated carbocycles. The van der Waals surface area contributed by atoms with Crippen LogP contribution < -0.4 is 10.2 Å². The minimum atomic E-state index is 0.0823. The Morgan fingerprint density at radius 3 is 2.82 bits per heavy atom. The highest BCUT2D eigenvalue weighted by Crippen LogP contribution is 2.20. The average molecular weight is 236 g/mol. The van der Waals surface area contributed by atoms with Crippen molar-refractivity contribution in [2.45, 2.75) is 12.6 Å². The number of hydrogen-bond donors (Lipinski definition) is 2. The van der Waals surface area contributed by atoms with Crippen molar-refractivity contribution in [1.82, 2.24) is 5.32 Å². The van der Waals surface area contributed by atoms with Gasteiger partial charge in [0.25, 0.3) is 0 Å². The molecule has 4 nitrogen and oxygen atoms in total. The number of nitrogens with one attached hydrogen (secondary N) is 1. The SMILES string of the molecule is CNCc1ccc(N2CCOCC2CO)cc1. The number of ether oxygens (including phenoxy) is 1. The number of benzene rings is 1. The monoisotopic (exact) mass is 236 g/mol. The Bertz CT molecular complexity index is 340. The highest BCUT2D eigenvalue weighted by atomic mass is 16.5. The number of morpholine rings is 1. The van der Waals surface area contributed by atoms with Gasteiger partial charge >= 0.3 is 0 Å². The molecule has 2 rings (SSSR count). The third-order valence-electron chi connectivity index (χ3n) is 3.09. The van der Waals surface area contributed by atoms with Crippen LogP contribution in [0.4, 0.5) is 5.69 Å². The molecule has 94 valence electrons. The van der Waals surface area contributed by atoms with Crippen LogP contribution in [0.25, 0.3) is 0 Å². The third-order valence-corrected chi connectivity index (χ3v) is 3.09. The molecule has 1 aromatic carbocycles. The lowest BCUT2D eigenvalue weighted by molar-refractivity contribution is 0.0727. The predicted octanol–water partition coefficient (Wildman–Crippen LogP) is 0.603. The third kappa shape index (κ3) is 2.97. The molecule has 1 aromatic rings. The summed E-state index contributed by atoms with van der Waals surface area (Å²) in [6.07, 6.45) is 0. The van der Waals surface area contributed by atoms with Crippen molar-refractivity contribution in [3.8, 4) is 0 Å². The van der Waals surface area contributed by atoms with Gasteiger partial charge in [-0.15, -0.1) is 0 Å². The van der Waals surface area contributed by atoms with Crippen molar-refractivity contribution >= 4 is 5.69 Å². The standard InChI is InChI=1S/C13H20N2O2/c1-14-8-11-2-4-12(5-3-11)15-6-7-17-10-13(15)9-16/h2-5,13-14,16H,6-10H2,1H3. The molecule has 0 aromatic heterocycles. The summed E-state index contributed by atoms with van der Waals surface area (Å²) in [5.41, 5.74) is 2.43. The first kappa shape index (κ1) is 12.4. The van der Waals surface area contributed by atoms with Gasteiger partial charge in [-0.25, -0.2) is 0 Å². The Morgan fingerprint density at radius 2 is 2.18 bits per heavy atom. The summed E-state index contributed by atoms with van der Waals surface area (Å²) in [6.45, 7) is 3.20. The van der Waals surface area contributed by atoms with Gasteiger partial charge < -0.3 is 20.1 Å². The summed E-state index contributed by atoms with van der Waals surface area (Å²) in [4.78, 5) is 2.21. The van der Waals surface area contributed by atoms with Gasteiger partial charge in [0.2, 0.25) is 0 Å². The number of aliphatic hydroxyl groups is 1. The summed E-state index contributed by atoms with van der Waals surface area (Å²) >= 11 is 0. The van der Waals surface area contributed by atoms with Crippen LogP contribution in [0.2, 0.25) is 0 Å².